The predicted octanol–water partition coefficient (Wildman–Crippen LogP) is 2.58. The number of rotatable bonds is 6. The lowest BCUT2D eigenvalue weighted by atomic mass is 10.3. The lowest BCUT2D eigenvalue weighted by Gasteiger charge is -2.08. The van der Waals surface area contributed by atoms with E-state index in [1.54, 1.807) is 16.9 Å². The smallest absolute Gasteiger partial charge is 0.354 e. The number of amides is 1. The molecule has 2 aromatic heterocycles. The maximum absolute atomic E-state index is 12.7. The van der Waals surface area contributed by atoms with Gasteiger partial charge in [0.1, 0.15) is 6.54 Å². The highest BCUT2D eigenvalue weighted by Gasteiger charge is 2.38. The molecule has 24 heavy (non-hydrogen) atoms. The van der Waals surface area contributed by atoms with Crippen LogP contribution >= 0.6 is 11.6 Å². The molecule has 0 aromatic carbocycles. The summed E-state index contributed by atoms with van der Waals surface area (Å²) in [6.07, 6.45) is -2.55. The second kappa shape index (κ2) is 7.25. The van der Waals surface area contributed by atoms with E-state index in [9.17, 15) is 18.0 Å². The molecule has 2 rings (SSSR count). The molecule has 0 saturated heterocycles. The van der Waals surface area contributed by atoms with Crippen molar-refractivity contribution in [3.63, 3.8) is 0 Å². The molecule has 0 atom stereocenters. The Balaban J connectivity index is 1.82. The molecule has 1 amide bonds. The zero-order valence-electron chi connectivity index (χ0n) is 13.2. The van der Waals surface area contributed by atoms with Crippen LogP contribution in [0.25, 0.3) is 0 Å². The number of carbonyl (C=O) groups is 1. The van der Waals surface area contributed by atoms with Gasteiger partial charge in [-0.25, -0.2) is 0 Å². The Labute approximate surface area is 141 Å². The van der Waals surface area contributed by atoms with E-state index >= 15 is 0 Å². The molecule has 0 saturated carbocycles. The topological polar surface area (TPSA) is 64.7 Å². The minimum atomic E-state index is -4.58. The average molecular weight is 364 g/mol. The van der Waals surface area contributed by atoms with Gasteiger partial charge in [0.15, 0.2) is 5.69 Å². The number of alkyl halides is 3. The molecular weight excluding hydrogens is 347 g/mol. The van der Waals surface area contributed by atoms with E-state index in [1.165, 1.54) is 11.6 Å². The molecule has 1 N–H and O–H groups in total. The van der Waals surface area contributed by atoms with Crippen LogP contribution in [0.4, 0.5) is 13.2 Å². The zero-order chi connectivity index (χ0) is 17.9. The normalized spacial score (nSPS) is 11.8. The molecule has 0 aliphatic carbocycles. The second-order valence-corrected chi connectivity index (χ2v) is 5.68. The summed E-state index contributed by atoms with van der Waals surface area (Å²) in [5.74, 6) is -0.215. The third-order valence-corrected chi connectivity index (χ3v) is 3.95. The van der Waals surface area contributed by atoms with Crippen LogP contribution in [0.15, 0.2) is 12.3 Å². The van der Waals surface area contributed by atoms with Crippen molar-refractivity contribution < 1.29 is 18.0 Å². The molecule has 2 aromatic rings. The molecule has 0 unspecified atom stereocenters. The fraction of sp³-hybridized carbons (Fsp3) is 0.500. The van der Waals surface area contributed by atoms with Crippen LogP contribution in [0.3, 0.4) is 0 Å². The van der Waals surface area contributed by atoms with Gasteiger partial charge in [-0.3, -0.25) is 14.2 Å². The van der Waals surface area contributed by atoms with Gasteiger partial charge in [0.25, 0.3) is 0 Å². The standard InChI is InChI=1S/C14H17ClF3N5O/c1-9-4-6-20-23(9)8-11(24)19-5-3-7-22-10(2)12(15)13(21-22)14(16,17)18/h4,6H,3,5,7-8H2,1-2H3,(H,19,24). The van der Waals surface area contributed by atoms with Crippen LogP contribution in [0.1, 0.15) is 23.5 Å². The summed E-state index contributed by atoms with van der Waals surface area (Å²) in [4.78, 5) is 11.8. The van der Waals surface area contributed by atoms with Crippen LogP contribution in [0.2, 0.25) is 5.02 Å². The van der Waals surface area contributed by atoms with E-state index in [-0.39, 0.29) is 29.7 Å². The second-order valence-electron chi connectivity index (χ2n) is 5.30. The lowest BCUT2D eigenvalue weighted by Crippen LogP contribution is -2.29. The SMILES string of the molecule is Cc1ccnn1CC(=O)NCCCn1nc(C(F)(F)F)c(Cl)c1C. The van der Waals surface area contributed by atoms with Crippen molar-refractivity contribution >= 4 is 17.5 Å². The van der Waals surface area contributed by atoms with E-state index in [0.29, 0.717) is 13.0 Å². The summed E-state index contributed by atoms with van der Waals surface area (Å²) in [6.45, 7) is 3.95. The van der Waals surface area contributed by atoms with Gasteiger partial charge in [-0.1, -0.05) is 11.6 Å². The van der Waals surface area contributed by atoms with Crippen LogP contribution in [0.5, 0.6) is 0 Å². The van der Waals surface area contributed by atoms with Crippen molar-refractivity contribution in [3.05, 3.63) is 34.4 Å². The van der Waals surface area contributed by atoms with Crippen LogP contribution < -0.4 is 5.32 Å². The predicted molar refractivity (Wildman–Crippen MR) is 81.6 cm³/mol. The van der Waals surface area contributed by atoms with E-state index in [4.69, 9.17) is 11.6 Å². The van der Waals surface area contributed by atoms with Crippen molar-refractivity contribution in [1.29, 1.82) is 0 Å². The summed E-state index contributed by atoms with van der Waals surface area (Å²) in [7, 11) is 0. The van der Waals surface area contributed by atoms with Crippen LogP contribution in [-0.4, -0.2) is 32.0 Å². The zero-order valence-corrected chi connectivity index (χ0v) is 13.9. The average Bonchev–Trinajstić information content (AvgIpc) is 3.01. The van der Waals surface area contributed by atoms with E-state index in [1.807, 2.05) is 6.92 Å². The van der Waals surface area contributed by atoms with Gasteiger partial charge in [0, 0.05) is 25.0 Å². The van der Waals surface area contributed by atoms with Gasteiger partial charge in [0.05, 0.1) is 10.7 Å². The fourth-order valence-corrected chi connectivity index (χ4v) is 2.38. The van der Waals surface area contributed by atoms with Crippen molar-refractivity contribution in [2.45, 2.75) is 39.5 Å². The first-order valence-corrected chi connectivity index (χ1v) is 7.63. The highest BCUT2D eigenvalue weighted by molar-refractivity contribution is 6.31. The molecule has 0 spiro atoms. The van der Waals surface area contributed by atoms with E-state index < -0.39 is 11.9 Å². The Morgan fingerprint density at radius 1 is 1.33 bits per heavy atom. The maximum Gasteiger partial charge on any atom is 0.436 e. The minimum Gasteiger partial charge on any atom is -0.354 e. The van der Waals surface area contributed by atoms with E-state index in [0.717, 1.165) is 5.69 Å². The first-order chi connectivity index (χ1) is 11.2. The number of aryl methyl sites for hydroxylation is 2. The van der Waals surface area contributed by atoms with Crippen molar-refractivity contribution in [3.8, 4) is 0 Å². The first-order valence-electron chi connectivity index (χ1n) is 7.25. The minimum absolute atomic E-state index is 0.101. The largest absolute Gasteiger partial charge is 0.436 e. The Morgan fingerprint density at radius 3 is 2.58 bits per heavy atom. The molecule has 6 nitrogen and oxygen atoms in total. The van der Waals surface area contributed by atoms with E-state index in [2.05, 4.69) is 15.5 Å². The van der Waals surface area contributed by atoms with Crippen molar-refractivity contribution in [2.75, 3.05) is 6.54 Å². The van der Waals surface area contributed by atoms with Crippen LogP contribution in [-0.2, 0) is 24.1 Å². The summed E-state index contributed by atoms with van der Waals surface area (Å²) in [5.41, 5.74) is 0.0361. The molecule has 0 bridgehead atoms. The molecular formula is C14H17ClF3N5O. The monoisotopic (exact) mass is 363 g/mol. The van der Waals surface area contributed by atoms with Gasteiger partial charge in [-0.05, 0) is 26.3 Å². The van der Waals surface area contributed by atoms with Gasteiger partial charge in [-0.15, -0.1) is 0 Å². The third-order valence-electron chi connectivity index (χ3n) is 3.49. The number of hydrogen-bond donors (Lipinski definition) is 1. The number of hydrogen-bond acceptors (Lipinski definition) is 3. The summed E-state index contributed by atoms with van der Waals surface area (Å²) in [5, 5.41) is 9.81. The molecule has 0 aliphatic heterocycles. The van der Waals surface area contributed by atoms with Gasteiger partial charge < -0.3 is 5.32 Å². The summed E-state index contributed by atoms with van der Waals surface area (Å²) >= 11 is 5.67. The molecule has 0 fully saturated rings. The van der Waals surface area contributed by atoms with Gasteiger partial charge in [0.2, 0.25) is 5.91 Å². The summed E-state index contributed by atoms with van der Waals surface area (Å²) < 4.78 is 40.9. The maximum atomic E-state index is 12.7. The summed E-state index contributed by atoms with van der Waals surface area (Å²) in [6, 6.07) is 1.79. The van der Waals surface area contributed by atoms with Crippen molar-refractivity contribution in [1.82, 2.24) is 24.9 Å². The Hall–Kier alpha value is -2.03. The van der Waals surface area contributed by atoms with Gasteiger partial charge >= 0.3 is 6.18 Å². The Kier molecular flexibility index (Phi) is 5.53. The lowest BCUT2D eigenvalue weighted by molar-refractivity contribution is -0.141. The first kappa shape index (κ1) is 18.3. The number of aromatic nitrogens is 4. The van der Waals surface area contributed by atoms with Crippen LogP contribution in [0, 0.1) is 13.8 Å². The molecule has 10 heteroatoms. The molecule has 0 radical (unpaired) electrons. The number of nitrogens with zero attached hydrogens (tertiary/aromatic N) is 4. The third kappa shape index (κ3) is 4.28. The fourth-order valence-electron chi connectivity index (χ4n) is 2.14. The molecule has 0 aliphatic rings. The molecule has 2 heterocycles. The number of nitrogens with one attached hydrogen (secondary N) is 1. The van der Waals surface area contributed by atoms with Gasteiger partial charge in [-0.2, -0.15) is 23.4 Å². The Morgan fingerprint density at radius 2 is 2.04 bits per heavy atom. The highest BCUT2D eigenvalue weighted by Crippen LogP contribution is 2.35. The Bertz CT molecular complexity index is 723. The quantitative estimate of drug-likeness (QED) is 0.802. The highest BCUT2D eigenvalue weighted by atomic mass is 35.5. The van der Waals surface area contributed by atoms with Crippen molar-refractivity contribution in [2.24, 2.45) is 0 Å². The number of halogens is 4. The molecule has 132 valence electrons. The number of carbonyl (C=O) groups excluding carboxylic acids is 1.